The van der Waals surface area contributed by atoms with E-state index in [1.54, 1.807) is 4.90 Å². The topological polar surface area (TPSA) is 67.2 Å². The number of aromatic nitrogens is 2. The molecule has 0 unspecified atom stereocenters. The second kappa shape index (κ2) is 8.71. The molecule has 2 aliphatic rings. The van der Waals surface area contributed by atoms with Gasteiger partial charge in [-0.3, -0.25) is 9.20 Å². The number of piperidine rings is 1. The van der Waals surface area contributed by atoms with Crippen molar-refractivity contribution in [1.29, 1.82) is 0 Å². The van der Waals surface area contributed by atoms with Crippen LogP contribution in [-0.4, -0.2) is 63.5 Å². The Labute approximate surface area is 201 Å². The lowest BCUT2D eigenvalue weighted by atomic mass is 10.0. The smallest absolute Gasteiger partial charge is 0.420 e. The number of alkyl halides is 3. The minimum Gasteiger partial charge on any atom is -0.448 e. The predicted molar refractivity (Wildman–Crippen MR) is 118 cm³/mol. The van der Waals surface area contributed by atoms with Gasteiger partial charge in [-0.2, -0.15) is 13.2 Å². The molecule has 1 aromatic carbocycles. The normalized spacial score (nSPS) is 17.3. The molecular formula is C23H19ClF4N4O3. The molecule has 0 aliphatic carbocycles. The fraction of sp³-hybridized carbons (Fsp3) is 0.348. The summed E-state index contributed by atoms with van der Waals surface area (Å²) < 4.78 is 61.4. The Morgan fingerprint density at radius 3 is 2.49 bits per heavy atom. The lowest BCUT2D eigenvalue weighted by Gasteiger charge is -2.35. The molecular weight excluding hydrogens is 492 g/mol. The summed E-state index contributed by atoms with van der Waals surface area (Å²) in [6.07, 6.45) is -2.86. The number of imidazole rings is 1. The van der Waals surface area contributed by atoms with Crippen LogP contribution in [0.2, 0.25) is 5.15 Å². The number of amides is 2. The number of carbonyl (C=O) groups excluding carboxylic acids is 2. The van der Waals surface area contributed by atoms with Gasteiger partial charge in [0.25, 0.3) is 5.91 Å². The molecule has 0 N–H and O–H groups in total. The number of fused-ring (bicyclic) bond motifs is 1. The van der Waals surface area contributed by atoms with Crippen LogP contribution in [0.15, 0.2) is 36.5 Å². The molecule has 2 fully saturated rings. The monoisotopic (exact) mass is 510 g/mol. The first-order chi connectivity index (χ1) is 16.6. The zero-order chi connectivity index (χ0) is 24.9. The van der Waals surface area contributed by atoms with Crippen LogP contribution in [0.1, 0.15) is 28.9 Å². The highest BCUT2D eigenvalue weighted by Gasteiger charge is 2.38. The quantitative estimate of drug-likeness (QED) is 0.472. The number of pyridine rings is 1. The Kier molecular flexibility index (Phi) is 5.82. The maximum Gasteiger partial charge on any atom is 0.420 e. The highest BCUT2D eigenvalue weighted by molar-refractivity contribution is 6.33. The van der Waals surface area contributed by atoms with Crippen LogP contribution in [0, 0.1) is 5.82 Å². The van der Waals surface area contributed by atoms with E-state index < -0.39 is 29.1 Å². The number of hydrogen-bond donors (Lipinski definition) is 0. The molecule has 7 nitrogen and oxygen atoms in total. The second-order valence-electron chi connectivity index (χ2n) is 8.43. The number of halogens is 5. The van der Waals surface area contributed by atoms with Gasteiger partial charge in [0.15, 0.2) is 11.3 Å². The Hall–Kier alpha value is -3.34. The number of carbonyl (C=O) groups is 2. The zero-order valence-electron chi connectivity index (χ0n) is 18.2. The van der Waals surface area contributed by atoms with Crippen molar-refractivity contribution in [3.05, 3.63) is 58.8 Å². The van der Waals surface area contributed by atoms with Crippen LogP contribution in [0.3, 0.4) is 0 Å². The molecule has 2 saturated heterocycles. The fourth-order valence-corrected chi connectivity index (χ4v) is 4.81. The average Bonchev–Trinajstić information content (AvgIpc) is 3.40. The molecule has 2 aromatic heterocycles. The molecule has 0 radical (unpaired) electrons. The highest BCUT2D eigenvalue weighted by atomic mass is 35.5. The number of ether oxygens (including phenoxy) is 1. The van der Waals surface area contributed by atoms with Crippen LogP contribution in [0.25, 0.3) is 16.8 Å². The van der Waals surface area contributed by atoms with E-state index in [9.17, 15) is 27.2 Å². The minimum absolute atomic E-state index is 0.0703. The highest BCUT2D eigenvalue weighted by Crippen LogP contribution is 2.37. The van der Waals surface area contributed by atoms with E-state index in [1.165, 1.54) is 29.3 Å². The van der Waals surface area contributed by atoms with E-state index in [-0.39, 0.29) is 47.2 Å². The van der Waals surface area contributed by atoms with E-state index in [4.69, 9.17) is 16.3 Å². The zero-order valence-corrected chi connectivity index (χ0v) is 18.9. The summed E-state index contributed by atoms with van der Waals surface area (Å²) in [5.74, 6) is -1.20. The van der Waals surface area contributed by atoms with Crippen molar-refractivity contribution in [1.82, 2.24) is 19.2 Å². The van der Waals surface area contributed by atoms with Crippen molar-refractivity contribution in [2.24, 2.45) is 0 Å². The van der Waals surface area contributed by atoms with Gasteiger partial charge < -0.3 is 14.5 Å². The number of cyclic esters (lactones) is 1. The van der Waals surface area contributed by atoms with Crippen LogP contribution in [0.5, 0.6) is 0 Å². The maximum absolute atomic E-state index is 13.9. The van der Waals surface area contributed by atoms with Gasteiger partial charge in [-0.15, -0.1) is 0 Å². The number of hydrogen-bond acceptors (Lipinski definition) is 4. The third-order valence-electron chi connectivity index (χ3n) is 6.31. The van der Waals surface area contributed by atoms with Crippen molar-refractivity contribution in [2.75, 3.05) is 26.2 Å². The van der Waals surface area contributed by atoms with Gasteiger partial charge in [-0.25, -0.2) is 14.2 Å². The van der Waals surface area contributed by atoms with Gasteiger partial charge in [0, 0.05) is 25.3 Å². The largest absolute Gasteiger partial charge is 0.448 e. The summed E-state index contributed by atoms with van der Waals surface area (Å²) >= 11 is 6.38. The number of benzene rings is 1. The number of nitrogens with zero attached hydrogens (tertiary/aromatic N) is 4. The van der Waals surface area contributed by atoms with Gasteiger partial charge in [0.2, 0.25) is 0 Å². The van der Waals surface area contributed by atoms with Crippen LogP contribution < -0.4 is 0 Å². The first-order valence-corrected chi connectivity index (χ1v) is 11.3. The Bertz CT molecular complexity index is 1320. The first-order valence-electron chi connectivity index (χ1n) is 10.9. The second-order valence-corrected chi connectivity index (χ2v) is 8.78. The molecule has 12 heteroatoms. The number of likely N-dealkylation sites (tertiary alicyclic amines) is 1. The molecule has 4 heterocycles. The summed E-state index contributed by atoms with van der Waals surface area (Å²) in [6.45, 7) is 1.40. The van der Waals surface area contributed by atoms with E-state index in [1.807, 2.05) is 0 Å². The molecule has 0 atom stereocenters. The lowest BCUT2D eigenvalue weighted by Crippen LogP contribution is -2.47. The Morgan fingerprint density at radius 2 is 1.86 bits per heavy atom. The number of rotatable bonds is 3. The molecule has 2 aliphatic heterocycles. The third kappa shape index (κ3) is 4.29. The predicted octanol–water partition coefficient (Wildman–Crippen LogP) is 4.87. The molecule has 3 aromatic rings. The Morgan fingerprint density at radius 1 is 1.11 bits per heavy atom. The molecule has 184 valence electrons. The van der Waals surface area contributed by atoms with Crippen LogP contribution in [-0.2, 0) is 10.9 Å². The summed E-state index contributed by atoms with van der Waals surface area (Å²) in [5.41, 5.74) is -1.61. The standard InChI is InChI=1S/C23H19ClF4N4O3/c24-19-18(21(33)30-6-4-16(5-7-30)31-8-9-35-22(31)34)29-20-17(23(26,27)28)11-14(12-32(19)20)13-2-1-3-15(25)10-13/h1-3,10-12,16H,4-9H2. The van der Waals surface area contributed by atoms with Crippen LogP contribution >= 0.6 is 11.6 Å². The molecule has 0 spiro atoms. The molecule has 0 bridgehead atoms. The fourth-order valence-electron chi connectivity index (χ4n) is 4.56. The van der Waals surface area contributed by atoms with Gasteiger partial charge in [-0.05, 0) is 42.2 Å². The third-order valence-corrected chi connectivity index (χ3v) is 6.67. The Balaban J connectivity index is 1.48. The van der Waals surface area contributed by atoms with Crippen LogP contribution in [0.4, 0.5) is 22.4 Å². The van der Waals surface area contributed by atoms with Crippen molar-refractivity contribution < 1.29 is 31.9 Å². The van der Waals surface area contributed by atoms with E-state index in [0.717, 1.165) is 16.5 Å². The van der Waals surface area contributed by atoms with E-state index in [0.29, 0.717) is 26.0 Å². The maximum atomic E-state index is 13.9. The summed E-state index contributed by atoms with van der Waals surface area (Å²) in [5, 5.41) is -0.265. The first kappa shape index (κ1) is 23.4. The lowest BCUT2D eigenvalue weighted by molar-refractivity contribution is -0.136. The molecule has 35 heavy (non-hydrogen) atoms. The molecule has 5 rings (SSSR count). The van der Waals surface area contributed by atoms with E-state index >= 15 is 0 Å². The summed E-state index contributed by atoms with van der Waals surface area (Å²) in [7, 11) is 0. The molecule has 2 amide bonds. The summed E-state index contributed by atoms with van der Waals surface area (Å²) in [6, 6.07) is 5.94. The van der Waals surface area contributed by atoms with Crippen molar-refractivity contribution in [2.45, 2.75) is 25.1 Å². The van der Waals surface area contributed by atoms with Crippen molar-refractivity contribution in [3.8, 4) is 11.1 Å². The molecule has 0 saturated carbocycles. The van der Waals surface area contributed by atoms with Crippen molar-refractivity contribution >= 4 is 29.2 Å². The van der Waals surface area contributed by atoms with Gasteiger partial charge >= 0.3 is 12.3 Å². The summed E-state index contributed by atoms with van der Waals surface area (Å²) in [4.78, 5) is 32.0. The SMILES string of the molecule is O=C(c1nc2c(C(F)(F)F)cc(-c3cccc(F)c3)cn2c1Cl)N1CCC(N2CCOC2=O)CC1. The van der Waals surface area contributed by atoms with Crippen molar-refractivity contribution in [3.63, 3.8) is 0 Å². The minimum atomic E-state index is -4.79. The van der Waals surface area contributed by atoms with Gasteiger partial charge in [0.05, 0.1) is 12.1 Å². The van der Waals surface area contributed by atoms with Gasteiger partial charge in [0.1, 0.15) is 17.6 Å². The van der Waals surface area contributed by atoms with Gasteiger partial charge in [-0.1, -0.05) is 23.7 Å². The average molecular weight is 511 g/mol. The van der Waals surface area contributed by atoms with E-state index in [2.05, 4.69) is 4.98 Å².